The molecule has 1 amide bonds. The van der Waals surface area contributed by atoms with Crippen LogP contribution >= 0.6 is 11.6 Å². The summed E-state index contributed by atoms with van der Waals surface area (Å²) in [4.78, 5) is 17.2. The van der Waals surface area contributed by atoms with Crippen molar-refractivity contribution in [2.24, 2.45) is 5.92 Å². The molecule has 2 heterocycles. The van der Waals surface area contributed by atoms with Gasteiger partial charge < -0.3 is 9.84 Å². The van der Waals surface area contributed by atoms with Crippen molar-refractivity contribution in [2.75, 3.05) is 13.1 Å². The smallest absolute Gasteiger partial charge is 0.246 e. The van der Waals surface area contributed by atoms with E-state index in [1.165, 1.54) is 28.6 Å². The number of hydrogen-bond acceptors (Lipinski definition) is 6. The number of nitrogens with one attached hydrogen (secondary N) is 1. The molecule has 0 radical (unpaired) electrons. The normalized spacial score (nSPS) is 17.2. The first-order valence-electron chi connectivity index (χ1n) is 10.3. The zero-order valence-corrected chi connectivity index (χ0v) is 19.1. The third-order valence-corrected chi connectivity index (χ3v) is 7.53. The summed E-state index contributed by atoms with van der Waals surface area (Å²) in [5, 5.41) is 7.21. The van der Waals surface area contributed by atoms with Gasteiger partial charge in [-0.15, -0.1) is 0 Å². The van der Waals surface area contributed by atoms with Crippen LogP contribution in [0.3, 0.4) is 0 Å². The highest BCUT2D eigenvalue weighted by Crippen LogP contribution is 2.25. The molecule has 0 saturated carbocycles. The summed E-state index contributed by atoms with van der Waals surface area (Å²) < 4.78 is 32.4. The molecule has 1 saturated heterocycles. The summed E-state index contributed by atoms with van der Waals surface area (Å²) in [5.74, 6) is 0.0453. The summed E-state index contributed by atoms with van der Waals surface area (Å²) in [6, 6.07) is 13.8. The predicted octanol–water partition coefficient (Wildman–Crippen LogP) is 3.42. The Morgan fingerprint density at radius 3 is 2.62 bits per heavy atom. The van der Waals surface area contributed by atoms with Gasteiger partial charge in [0.1, 0.15) is 0 Å². The average molecular weight is 475 g/mol. The first-order valence-corrected chi connectivity index (χ1v) is 12.1. The number of sulfonamides is 1. The van der Waals surface area contributed by atoms with Gasteiger partial charge in [0.2, 0.25) is 27.6 Å². The van der Waals surface area contributed by atoms with E-state index >= 15 is 0 Å². The third-order valence-electron chi connectivity index (χ3n) is 5.40. The van der Waals surface area contributed by atoms with Crippen molar-refractivity contribution < 1.29 is 17.7 Å². The van der Waals surface area contributed by atoms with Crippen molar-refractivity contribution in [1.82, 2.24) is 19.8 Å². The molecule has 32 heavy (non-hydrogen) atoms. The van der Waals surface area contributed by atoms with Crippen LogP contribution in [-0.4, -0.2) is 41.9 Å². The standard InChI is InChI=1S/C22H23ClN4O4S/c1-15-4-6-16(7-5-15)21-25-20(31-26-21)13-24-22(28)17-3-2-12-27(14-17)32(29,30)19-10-8-18(23)9-11-19/h4-11,17H,2-3,12-14H2,1H3,(H,24,28). The highest BCUT2D eigenvalue weighted by Gasteiger charge is 2.33. The lowest BCUT2D eigenvalue weighted by atomic mass is 9.99. The van der Waals surface area contributed by atoms with E-state index in [2.05, 4.69) is 15.5 Å². The van der Waals surface area contributed by atoms with E-state index in [9.17, 15) is 13.2 Å². The van der Waals surface area contributed by atoms with Gasteiger partial charge in [0.15, 0.2) is 0 Å². The van der Waals surface area contributed by atoms with Gasteiger partial charge in [0, 0.05) is 23.7 Å². The number of rotatable bonds is 6. The van der Waals surface area contributed by atoms with Gasteiger partial charge in [-0.25, -0.2) is 8.42 Å². The number of amides is 1. The van der Waals surface area contributed by atoms with Gasteiger partial charge in [-0.2, -0.15) is 9.29 Å². The molecule has 0 spiro atoms. The second-order valence-corrected chi connectivity index (χ2v) is 10.1. The Kier molecular flexibility index (Phi) is 6.59. The Balaban J connectivity index is 1.36. The molecular formula is C22H23ClN4O4S. The molecule has 1 fully saturated rings. The maximum Gasteiger partial charge on any atom is 0.246 e. The Morgan fingerprint density at radius 2 is 1.91 bits per heavy atom. The second-order valence-electron chi connectivity index (χ2n) is 7.75. The van der Waals surface area contributed by atoms with E-state index in [4.69, 9.17) is 16.1 Å². The number of piperidine rings is 1. The quantitative estimate of drug-likeness (QED) is 0.586. The number of aryl methyl sites for hydroxylation is 1. The molecule has 0 bridgehead atoms. The molecule has 0 aliphatic carbocycles. The molecule has 8 nitrogen and oxygen atoms in total. The van der Waals surface area contributed by atoms with Gasteiger partial charge in [0.05, 0.1) is 17.4 Å². The molecule has 1 atom stereocenters. The fourth-order valence-corrected chi connectivity index (χ4v) is 5.23. The summed E-state index contributed by atoms with van der Waals surface area (Å²) >= 11 is 5.86. The molecular weight excluding hydrogens is 452 g/mol. The van der Waals surface area contributed by atoms with E-state index < -0.39 is 15.9 Å². The largest absolute Gasteiger partial charge is 0.347 e. The lowest BCUT2D eigenvalue weighted by molar-refractivity contribution is -0.126. The van der Waals surface area contributed by atoms with E-state index in [0.29, 0.717) is 30.2 Å². The second kappa shape index (κ2) is 9.40. The van der Waals surface area contributed by atoms with E-state index in [0.717, 1.165) is 11.1 Å². The molecule has 3 aromatic rings. The van der Waals surface area contributed by atoms with Crippen molar-refractivity contribution in [3.8, 4) is 11.4 Å². The van der Waals surface area contributed by atoms with Crippen molar-refractivity contribution in [1.29, 1.82) is 0 Å². The first-order chi connectivity index (χ1) is 15.3. The number of benzene rings is 2. The highest BCUT2D eigenvalue weighted by atomic mass is 35.5. The van der Waals surface area contributed by atoms with Gasteiger partial charge in [-0.05, 0) is 44.0 Å². The van der Waals surface area contributed by atoms with Crippen LogP contribution in [0.15, 0.2) is 57.9 Å². The van der Waals surface area contributed by atoms with Crippen LogP contribution in [0.25, 0.3) is 11.4 Å². The summed E-state index contributed by atoms with van der Waals surface area (Å²) in [6.45, 7) is 2.57. The zero-order valence-electron chi connectivity index (χ0n) is 17.5. The van der Waals surface area contributed by atoms with E-state index in [1.54, 1.807) is 0 Å². The number of hydrogen-bond donors (Lipinski definition) is 1. The van der Waals surface area contributed by atoms with Crippen LogP contribution in [0.1, 0.15) is 24.3 Å². The van der Waals surface area contributed by atoms with Crippen LogP contribution in [0.5, 0.6) is 0 Å². The Labute approximate surface area is 191 Å². The molecule has 1 aromatic heterocycles. The minimum absolute atomic E-state index is 0.0815. The molecule has 1 aliphatic rings. The minimum Gasteiger partial charge on any atom is -0.347 e. The van der Waals surface area contributed by atoms with Gasteiger partial charge in [0.25, 0.3) is 0 Å². The van der Waals surface area contributed by atoms with Crippen molar-refractivity contribution >= 4 is 27.5 Å². The van der Waals surface area contributed by atoms with Crippen LogP contribution < -0.4 is 5.32 Å². The van der Waals surface area contributed by atoms with Gasteiger partial charge in [-0.1, -0.05) is 46.6 Å². The summed E-state index contributed by atoms with van der Waals surface area (Å²) in [6.07, 6.45) is 1.21. The van der Waals surface area contributed by atoms with Gasteiger partial charge in [-0.3, -0.25) is 4.79 Å². The van der Waals surface area contributed by atoms with Crippen molar-refractivity contribution in [3.63, 3.8) is 0 Å². The lowest BCUT2D eigenvalue weighted by Gasteiger charge is -2.31. The molecule has 2 aromatic carbocycles. The van der Waals surface area contributed by atoms with Gasteiger partial charge >= 0.3 is 0 Å². The summed E-state index contributed by atoms with van der Waals surface area (Å²) in [7, 11) is -3.69. The Hall–Kier alpha value is -2.75. The van der Waals surface area contributed by atoms with Crippen LogP contribution in [0, 0.1) is 12.8 Å². The third kappa shape index (κ3) is 5.01. The Morgan fingerprint density at radius 1 is 1.19 bits per heavy atom. The predicted molar refractivity (Wildman–Crippen MR) is 119 cm³/mol. The highest BCUT2D eigenvalue weighted by molar-refractivity contribution is 7.89. The maximum atomic E-state index is 12.9. The molecule has 1 N–H and O–H groups in total. The fraction of sp³-hybridized carbons (Fsp3) is 0.318. The lowest BCUT2D eigenvalue weighted by Crippen LogP contribution is -2.45. The Bertz CT molecular complexity index is 1190. The zero-order chi connectivity index (χ0) is 22.7. The molecule has 1 unspecified atom stereocenters. The molecule has 4 rings (SSSR count). The molecule has 168 valence electrons. The van der Waals surface area contributed by atoms with E-state index in [1.807, 2.05) is 31.2 Å². The fourth-order valence-electron chi connectivity index (χ4n) is 3.58. The summed E-state index contributed by atoms with van der Waals surface area (Å²) in [5.41, 5.74) is 1.96. The minimum atomic E-state index is -3.69. The number of carbonyl (C=O) groups is 1. The number of aromatic nitrogens is 2. The van der Waals surface area contributed by atoms with Crippen molar-refractivity contribution in [3.05, 3.63) is 65.0 Å². The van der Waals surface area contributed by atoms with Crippen molar-refractivity contribution in [2.45, 2.75) is 31.2 Å². The molecule has 10 heteroatoms. The maximum absolute atomic E-state index is 12.9. The number of halogens is 1. The topological polar surface area (TPSA) is 105 Å². The van der Waals surface area contributed by atoms with Crippen LogP contribution in [0.4, 0.5) is 0 Å². The first kappa shape index (κ1) is 22.4. The average Bonchev–Trinajstić information content (AvgIpc) is 3.27. The monoisotopic (exact) mass is 474 g/mol. The van der Waals surface area contributed by atoms with Crippen LogP contribution in [0.2, 0.25) is 5.02 Å². The van der Waals surface area contributed by atoms with E-state index in [-0.39, 0.29) is 29.8 Å². The number of nitrogens with zero attached hydrogens (tertiary/aromatic N) is 3. The number of carbonyl (C=O) groups excluding carboxylic acids is 1. The molecule has 1 aliphatic heterocycles. The SMILES string of the molecule is Cc1ccc(-c2noc(CNC(=O)C3CCCN(S(=O)(=O)c4ccc(Cl)cc4)C3)n2)cc1. The van der Waals surface area contributed by atoms with Crippen LogP contribution in [-0.2, 0) is 21.4 Å².